The van der Waals surface area contributed by atoms with Crippen molar-refractivity contribution in [2.24, 2.45) is 0 Å². The maximum Gasteiger partial charge on any atom is 0.337 e. The summed E-state index contributed by atoms with van der Waals surface area (Å²) in [6, 6.07) is 3.82. The van der Waals surface area contributed by atoms with Gasteiger partial charge < -0.3 is 4.74 Å². The van der Waals surface area contributed by atoms with Crippen LogP contribution < -0.4 is 10.1 Å². The van der Waals surface area contributed by atoms with E-state index in [4.69, 9.17) is 16.3 Å². The molecule has 0 saturated carbocycles. The first-order valence-corrected chi connectivity index (χ1v) is 6.19. The van der Waals surface area contributed by atoms with E-state index in [9.17, 15) is 14.9 Å². The average molecular weight is 312 g/mol. The number of nitrogens with zero attached hydrogens (tertiary/aromatic N) is 3. The fraction of sp³-hybridized carbons (Fsp3) is 0.182. The van der Waals surface area contributed by atoms with E-state index in [2.05, 4.69) is 20.5 Å². The summed E-state index contributed by atoms with van der Waals surface area (Å²) < 4.78 is 5.03. The second-order valence-electron chi connectivity index (χ2n) is 3.78. The molecule has 0 aliphatic rings. The molecule has 0 atom stereocenters. The van der Waals surface area contributed by atoms with E-state index in [1.54, 1.807) is 6.92 Å². The third kappa shape index (κ3) is 3.45. The van der Waals surface area contributed by atoms with E-state index in [1.165, 1.54) is 12.1 Å². The van der Waals surface area contributed by atoms with Crippen LogP contribution in [0.5, 0.6) is 6.01 Å². The number of ether oxygens (including phenoxy) is 1. The number of aromatic amines is 1. The number of aromatic nitrogens is 3. The number of H-pyrrole nitrogens is 1. The standard InChI is InChI=1S/C11H10ClN5O4/c1-2-21-11-14-10(15-16-11)13-9(18)6-3-4-7(12)8(5-6)17(19)20/h3-5H,2H2,1H3,(H2,13,14,15,16,18). The number of nitrogens with one attached hydrogen (secondary N) is 2. The van der Waals surface area contributed by atoms with Crippen LogP contribution in [0, 0.1) is 10.1 Å². The molecule has 0 aliphatic carbocycles. The second-order valence-corrected chi connectivity index (χ2v) is 4.18. The van der Waals surface area contributed by atoms with Crippen molar-refractivity contribution >= 4 is 29.1 Å². The Morgan fingerprint density at radius 1 is 1.57 bits per heavy atom. The number of nitro benzene ring substituents is 1. The number of anilines is 1. The molecule has 1 aromatic heterocycles. The summed E-state index contributed by atoms with van der Waals surface area (Å²) in [4.78, 5) is 25.9. The number of hydrogen-bond donors (Lipinski definition) is 2. The Morgan fingerprint density at radius 3 is 3.00 bits per heavy atom. The molecule has 10 heteroatoms. The summed E-state index contributed by atoms with van der Waals surface area (Å²) in [5, 5.41) is 19.3. The van der Waals surface area contributed by atoms with Gasteiger partial charge in [-0.25, -0.2) is 5.10 Å². The van der Waals surface area contributed by atoms with E-state index in [0.717, 1.165) is 6.07 Å². The lowest BCUT2D eigenvalue weighted by molar-refractivity contribution is -0.384. The molecule has 0 bridgehead atoms. The molecule has 2 rings (SSSR count). The van der Waals surface area contributed by atoms with Crippen LogP contribution in [0.3, 0.4) is 0 Å². The highest BCUT2D eigenvalue weighted by atomic mass is 35.5. The van der Waals surface area contributed by atoms with Gasteiger partial charge in [-0.15, -0.1) is 5.10 Å². The Balaban J connectivity index is 2.16. The van der Waals surface area contributed by atoms with E-state index < -0.39 is 10.8 Å². The molecule has 0 fully saturated rings. The summed E-state index contributed by atoms with van der Waals surface area (Å²) in [6.07, 6.45) is 0. The number of nitro groups is 1. The number of benzene rings is 1. The van der Waals surface area contributed by atoms with Crippen LogP contribution in [0.4, 0.5) is 11.6 Å². The minimum atomic E-state index is -0.666. The highest BCUT2D eigenvalue weighted by molar-refractivity contribution is 6.32. The van der Waals surface area contributed by atoms with Gasteiger partial charge in [-0.1, -0.05) is 11.6 Å². The highest BCUT2D eigenvalue weighted by Crippen LogP contribution is 2.25. The normalized spacial score (nSPS) is 10.2. The van der Waals surface area contributed by atoms with Crippen LogP contribution in [-0.2, 0) is 0 Å². The molecule has 1 heterocycles. The number of hydrogen-bond acceptors (Lipinski definition) is 6. The zero-order valence-electron chi connectivity index (χ0n) is 10.8. The third-order valence-electron chi connectivity index (χ3n) is 2.38. The van der Waals surface area contributed by atoms with Crippen molar-refractivity contribution in [1.82, 2.24) is 15.2 Å². The van der Waals surface area contributed by atoms with Crippen LogP contribution in [0.25, 0.3) is 0 Å². The highest BCUT2D eigenvalue weighted by Gasteiger charge is 2.17. The van der Waals surface area contributed by atoms with Crippen molar-refractivity contribution in [3.8, 4) is 6.01 Å². The number of halogens is 1. The van der Waals surface area contributed by atoms with E-state index in [0.29, 0.717) is 6.61 Å². The Morgan fingerprint density at radius 2 is 2.33 bits per heavy atom. The Labute approximate surface area is 123 Å². The van der Waals surface area contributed by atoms with Crippen LogP contribution in [-0.4, -0.2) is 32.6 Å². The van der Waals surface area contributed by atoms with Crippen molar-refractivity contribution in [3.63, 3.8) is 0 Å². The molecule has 2 aromatic rings. The van der Waals surface area contributed by atoms with Gasteiger partial charge in [-0.2, -0.15) is 4.98 Å². The Bertz CT molecular complexity index is 687. The molecule has 2 N–H and O–H groups in total. The summed E-state index contributed by atoms with van der Waals surface area (Å²) in [6.45, 7) is 2.15. The second kappa shape index (κ2) is 6.18. The average Bonchev–Trinajstić information content (AvgIpc) is 2.86. The van der Waals surface area contributed by atoms with Gasteiger partial charge in [-0.05, 0) is 19.1 Å². The number of carbonyl (C=O) groups excluding carboxylic acids is 1. The smallest absolute Gasteiger partial charge is 0.337 e. The molecule has 21 heavy (non-hydrogen) atoms. The van der Waals surface area contributed by atoms with Gasteiger partial charge in [0.15, 0.2) is 0 Å². The fourth-order valence-corrected chi connectivity index (χ4v) is 1.66. The molecule has 110 valence electrons. The van der Waals surface area contributed by atoms with Gasteiger partial charge >= 0.3 is 6.01 Å². The topological polar surface area (TPSA) is 123 Å². The van der Waals surface area contributed by atoms with E-state index in [1.807, 2.05) is 0 Å². The van der Waals surface area contributed by atoms with Gasteiger partial charge in [0.05, 0.1) is 11.5 Å². The van der Waals surface area contributed by atoms with Crippen molar-refractivity contribution in [2.45, 2.75) is 6.92 Å². The maximum atomic E-state index is 12.0. The van der Waals surface area contributed by atoms with Gasteiger partial charge in [0.1, 0.15) is 5.02 Å². The van der Waals surface area contributed by atoms with Crippen LogP contribution >= 0.6 is 11.6 Å². The van der Waals surface area contributed by atoms with Gasteiger partial charge in [0.25, 0.3) is 11.6 Å². The minimum absolute atomic E-state index is 0.0464. The monoisotopic (exact) mass is 311 g/mol. The van der Waals surface area contributed by atoms with Crippen LogP contribution in [0.15, 0.2) is 18.2 Å². The van der Waals surface area contributed by atoms with Crippen LogP contribution in [0.1, 0.15) is 17.3 Å². The summed E-state index contributed by atoms with van der Waals surface area (Å²) >= 11 is 5.68. The molecule has 0 saturated heterocycles. The molecule has 1 amide bonds. The summed E-state index contributed by atoms with van der Waals surface area (Å²) in [5.41, 5.74) is -0.280. The lowest BCUT2D eigenvalue weighted by Crippen LogP contribution is -2.13. The van der Waals surface area contributed by atoms with Gasteiger partial charge in [0.2, 0.25) is 5.95 Å². The van der Waals surface area contributed by atoms with Crippen molar-refractivity contribution in [2.75, 3.05) is 11.9 Å². The summed E-state index contributed by atoms with van der Waals surface area (Å²) in [5.74, 6) is -0.519. The Hall–Kier alpha value is -2.68. The third-order valence-corrected chi connectivity index (χ3v) is 2.69. The number of rotatable bonds is 5. The summed E-state index contributed by atoms with van der Waals surface area (Å²) in [7, 11) is 0. The number of carbonyl (C=O) groups is 1. The molecule has 0 unspecified atom stereocenters. The van der Waals surface area contributed by atoms with Gasteiger partial charge in [0, 0.05) is 11.6 Å². The van der Waals surface area contributed by atoms with Crippen molar-refractivity contribution in [3.05, 3.63) is 38.9 Å². The van der Waals surface area contributed by atoms with E-state index >= 15 is 0 Å². The molecule has 1 aromatic carbocycles. The van der Waals surface area contributed by atoms with Crippen molar-refractivity contribution < 1.29 is 14.5 Å². The molecular weight excluding hydrogens is 302 g/mol. The van der Waals surface area contributed by atoms with E-state index in [-0.39, 0.29) is 28.2 Å². The zero-order valence-corrected chi connectivity index (χ0v) is 11.5. The van der Waals surface area contributed by atoms with Gasteiger partial charge in [-0.3, -0.25) is 20.2 Å². The lowest BCUT2D eigenvalue weighted by atomic mass is 10.2. The molecule has 0 aliphatic heterocycles. The largest absolute Gasteiger partial charge is 0.463 e. The predicted octanol–water partition coefficient (Wildman–Crippen LogP) is 2.02. The van der Waals surface area contributed by atoms with Crippen LogP contribution in [0.2, 0.25) is 5.02 Å². The van der Waals surface area contributed by atoms with Crippen molar-refractivity contribution in [1.29, 1.82) is 0 Å². The number of amides is 1. The zero-order chi connectivity index (χ0) is 15.4. The molecule has 0 radical (unpaired) electrons. The molecule has 0 spiro atoms. The SMILES string of the molecule is CCOc1n[nH]c(NC(=O)c2ccc(Cl)c([N+](=O)[O-])c2)n1. The fourth-order valence-electron chi connectivity index (χ4n) is 1.47. The molecular formula is C11H10ClN5O4. The lowest BCUT2D eigenvalue weighted by Gasteiger charge is -2.02. The maximum absolute atomic E-state index is 12.0. The predicted molar refractivity (Wildman–Crippen MR) is 73.6 cm³/mol. The first-order valence-electron chi connectivity index (χ1n) is 5.81. The molecule has 9 nitrogen and oxygen atoms in total. The minimum Gasteiger partial charge on any atom is -0.463 e. The Kier molecular flexibility index (Phi) is 4.33. The quantitative estimate of drug-likeness (QED) is 0.643. The first-order chi connectivity index (χ1) is 10.0. The first kappa shape index (κ1) is 14.7.